The minimum Gasteiger partial charge on any atom is -0.472 e. The number of furan rings is 1. The summed E-state index contributed by atoms with van der Waals surface area (Å²) < 4.78 is 16.5. The first-order chi connectivity index (χ1) is 11.8. The van der Waals surface area contributed by atoms with Gasteiger partial charge in [-0.3, -0.25) is 9.59 Å². The maximum absolute atomic E-state index is 12.6. The fourth-order valence-corrected chi connectivity index (χ4v) is 4.73. The largest absolute Gasteiger partial charge is 0.472 e. The van der Waals surface area contributed by atoms with E-state index in [-0.39, 0.29) is 35.6 Å². The Balaban J connectivity index is 1.40. The highest BCUT2D eigenvalue weighted by atomic mass is 16.6. The average molecular weight is 346 g/mol. The predicted molar refractivity (Wildman–Crippen MR) is 89.7 cm³/mol. The number of esters is 1. The Morgan fingerprint density at radius 1 is 1.32 bits per heavy atom. The molecular weight excluding hydrogens is 320 g/mol. The van der Waals surface area contributed by atoms with Crippen LogP contribution in [-0.4, -0.2) is 23.5 Å². The quantitative estimate of drug-likeness (QED) is 0.599. The average Bonchev–Trinajstić information content (AvgIpc) is 2.97. The van der Waals surface area contributed by atoms with Gasteiger partial charge in [0.05, 0.1) is 30.0 Å². The van der Waals surface area contributed by atoms with Crippen LogP contribution in [0.2, 0.25) is 0 Å². The van der Waals surface area contributed by atoms with Gasteiger partial charge in [0, 0.05) is 18.4 Å². The number of ether oxygens (including phenoxy) is 2. The zero-order chi connectivity index (χ0) is 17.8. The molecule has 2 aliphatic heterocycles. The molecule has 0 bridgehead atoms. The molecule has 136 valence electrons. The lowest BCUT2D eigenvalue weighted by atomic mass is 9.63. The normalized spacial score (nSPS) is 41.3. The molecule has 4 rings (SSSR count). The number of ketones is 1. The van der Waals surface area contributed by atoms with Crippen LogP contribution in [0.3, 0.4) is 0 Å². The summed E-state index contributed by atoms with van der Waals surface area (Å²) >= 11 is 0. The Hall–Kier alpha value is -1.62. The van der Waals surface area contributed by atoms with E-state index < -0.39 is 5.41 Å². The molecule has 0 unspecified atom stereocenters. The van der Waals surface area contributed by atoms with E-state index in [9.17, 15) is 9.59 Å². The van der Waals surface area contributed by atoms with Crippen molar-refractivity contribution in [1.29, 1.82) is 0 Å². The third-order valence-electron chi connectivity index (χ3n) is 7.02. The molecule has 1 saturated carbocycles. The van der Waals surface area contributed by atoms with E-state index in [2.05, 4.69) is 13.8 Å². The third kappa shape index (κ3) is 2.55. The molecule has 25 heavy (non-hydrogen) atoms. The molecule has 0 spiro atoms. The number of cyclic esters (lactones) is 1. The molecule has 3 heterocycles. The lowest BCUT2D eigenvalue weighted by Gasteiger charge is -2.36. The van der Waals surface area contributed by atoms with Crippen LogP contribution in [0.4, 0.5) is 0 Å². The lowest BCUT2D eigenvalue weighted by Crippen LogP contribution is -2.46. The Bertz CT molecular complexity index is 680. The van der Waals surface area contributed by atoms with Crippen LogP contribution in [0.1, 0.15) is 64.5 Å². The van der Waals surface area contributed by atoms with Crippen LogP contribution in [0.15, 0.2) is 23.0 Å². The van der Waals surface area contributed by atoms with Crippen molar-refractivity contribution in [2.24, 2.45) is 17.3 Å². The van der Waals surface area contributed by atoms with Crippen LogP contribution in [0.25, 0.3) is 0 Å². The molecule has 1 aliphatic carbocycles. The summed E-state index contributed by atoms with van der Waals surface area (Å²) in [5, 5.41) is 0. The van der Waals surface area contributed by atoms with E-state index in [1.807, 2.05) is 13.0 Å². The van der Waals surface area contributed by atoms with E-state index in [1.165, 1.54) is 0 Å². The minimum atomic E-state index is -0.434. The summed E-state index contributed by atoms with van der Waals surface area (Å²) in [5.41, 5.74) is 0.174. The molecule has 3 fully saturated rings. The summed E-state index contributed by atoms with van der Waals surface area (Å²) in [6, 6.07) is 1.85. The van der Waals surface area contributed by atoms with Crippen molar-refractivity contribution in [3.05, 3.63) is 24.2 Å². The topological polar surface area (TPSA) is 69.0 Å². The van der Waals surface area contributed by atoms with E-state index >= 15 is 0 Å². The van der Waals surface area contributed by atoms with Gasteiger partial charge in [0.1, 0.15) is 17.5 Å². The van der Waals surface area contributed by atoms with Crippen LogP contribution in [-0.2, 0) is 19.1 Å². The number of hydrogen-bond donors (Lipinski definition) is 0. The van der Waals surface area contributed by atoms with Crippen LogP contribution < -0.4 is 0 Å². The molecule has 1 aromatic rings. The van der Waals surface area contributed by atoms with Crippen molar-refractivity contribution in [2.75, 3.05) is 0 Å². The second-order valence-electron chi connectivity index (χ2n) is 8.35. The number of epoxide rings is 1. The van der Waals surface area contributed by atoms with Crippen LogP contribution in [0, 0.1) is 17.3 Å². The lowest BCUT2D eigenvalue weighted by molar-refractivity contribution is -0.145. The third-order valence-corrected chi connectivity index (χ3v) is 7.02. The number of carbonyl (C=O) groups is 2. The van der Waals surface area contributed by atoms with Gasteiger partial charge in [-0.1, -0.05) is 6.92 Å². The molecule has 0 aromatic carbocycles. The van der Waals surface area contributed by atoms with Gasteiger partial charge in [-0.05, 0) is 45.1 Å². The number of fused-ring (bicyclic) bond motifs is 1. The summed E-state index contributed by atoms with van der Waals surface area (Å²) in [6.45, 7) is 6.20. The minimum absolute atomic E-state index is 0.120. The molecule has 3 aliphatic rings. The van der Waals surface area contributed by atoms with E-state index in [0.29, 0.717) is 18.6 Å². The zero-order valence-electron chi connectivity index (χ0n) is 15.1. The first kappa shape index (κ1) is 16.8. The van der Waals surface area contributed by atoms with Gasteiger partial charge < -0.3 is 13.9 Å². The first-order valence-corrected chi connectivity index (χ1v) is 9.29. The maximum atomic E-state index is 12.6. The Morgan fingerprint density at radius 2 is 2.12 bits per heavy atom. The SMILES string of the molecule is C[C@@H](CC[C@@]1(C)C(=O)CC[C@H]2O[C@]21C)[C@H]1C[C@@H](c2ccoc2)OC1=O. The van der Waals surface area contributed by atoms with E-state index in [1.54, 1.807) is 12.5 Å². The van der Waals surface area contributed by atoms with Gasteiger partial charge in [0.25, 0.3) is 0 Å². The highest BCUT2D eigenvalue weighted by Crippen LogP contribution is 2.58. The molecule has 0 radical (unpaired) electrons. The fraction of sp³-hybridized carbons (Fsp3) is 0.700. The highest BCUT2D eigenvalue weighted by Gasteiger charge is 2.68. The molecule has 1 aromatic heterocycles. The Kier molecular flexibility index (Phi) is 3.83. The van der Waals surface area contributed by atoms with Crippen LogP contribution >= 0.6 is 0 Å². The standard InChI is InChI=1S/C20H26O5/c1-12(14-10-15(24-18(14)22)13-7-9-23-11-13)6-8-19(2)16(21)4-5-17-20(19,3)25-17/h7,9,11-12,14-15,17H,4-6,8,10H2,1-3H3/t12-,14+,15-,17+,19-,20+/m0/s1. The second kappa shape index (κ2) is 5.70. The molecule has 2 saturated heterocycles. The van der Waals surface area contributed by atoms with E-state index in [0.717, 1.165) is 24.8 Å². The van der Waals surface area contributed by atoms with Gasteiger partial charge in [-0.15, -0.1) is 0 Å². The van der Waals surface area contributed by atoms with E-state index in [4.69, 9.17) is 13.9 Å². The van der Waals surface area contributed by atoms with Crippen molar-refractivity contribution in [2.45, 2.75) is 70.7 Å². The molecule has 0 amide bonds. The predicted octanol–water partition coefficient (Wildman–Crippen LogP) is 3.83. The van der Waals surface area contributed by atoms with Crippen molar-refractivity contribution in [1.82, 2.24) is 0 Å². The summed E-state index contributed by atoms with van der Waals surface area (Å²) in [4.78, 5) is 24.9. The summed E-state index contributed by atoms with van der Waals surface area (Å²) in [5.74, 6) is 0.231. The number of carbonyl (C=O) groups excluding carboxylic acids is 2. The Morgan fingerprint density at radius 3 is 2.84 bits per heavy atom. The molecule has 5 nitrogen and oxygen atoms in total. The molecule has 6 atom stereocenters. The molecular formula is C20H26O5. The van der Waals surface area contributed by atoms with Crippen molar-refractivity contribution >= 4 is 11.8 Å². The fourth-order valence-electron chi connectivity index (χ4n) is 4.73. The van der Waals surface area contributed by atoms with Gasteiger partial charge in [0.15, 0.2) is 0 Å². The monoisotopic (exact) mass is 346 g/mol. The second-order valence-corrected chi connectivity index (χ2v) is 8.35. The van der Waals surface area contributed by atoms with Gasteiger partial charge in [-0.2, -0.15) is 0 Å². The van der Waals surface area contributed by atoms with Crippen molar-refractivity contribution in [3.63, 3.8) is 0 Å². The first-order valence-electron chi connectivity index (χ1n) is 9.29. The zero-order valence-corrected chi connectivity index (χ0v) is 15.1. The summed E-state index contributed by atoms with van der Waals surface area (Å²) in [7, 11) is 0. The van der Waals surface area contributed by atoms with Crippen molar-refractivity contribution in [3.8, 4) is 0 Å². The molecule has 0 N–H and O–H groups in total. The number of rotatable bonds is 5. The van der Waals surface area contributed by atoms with Gasteiger partial charge in [0.2, 0.25) is 0 Å². The maximum Gasteiger partial charge on any atom is 0.309 e. The number of Topliss-reactive ketones (excluding diaryl/α,β-unsaturated/α-hetero) is 1. The van der Waals surface area contributed by atoms with Crippen molar-refractivity contribution < 1.29 is 23.5 Å². The smallest absolute Gasteiger partial charge is 0.309 e. The number of hydrogen-bond acceptors (Lipinski definition) is 5. The van der Waals surface area contributed by atoms with Gasteiger partial charge >= 0.3 is 5.97 Å². The molecule has 5 heteroatoms. The Labute approximate surface area is 148 Å². The highest BCUT2D eigenvalue weighted by molar-refractivity contribution is 5.87. The van der Waals surface area contributed by atoms with Gasteiger partial charge in [-0.25, -0.2) is 0 Å². The summed E-state index contributed by atoms with van der Waals surface area (Å²) in [6.07, 6.45) is 6.99. The van der Waals surface area contributed by atoms with Crippen LogP contribution in [0.5, 0.6) is 0 Å².